The van der Waals surface area contributed by atoms with Crippen LogP contribution in [0.4, 0.5) is 4.39 Å². The third-order valence-corrected chi connectivity index (χ3v) is 6.21. The lowest BCUT2D eigenvalue weighted by Gasteiger charge is -2.38. The van der Waals surface area contributed by atoms with Gasteiger partial charge in [-0.15, -0.1) is 0 Å². The number of carbonyl (C=O) groups is 1. The number of benzene rings is 2. The first-order chi connectivity index (χ1) is 14.6. The van der Waals surface area contributed by atoms with Crippen molar-refractivity contribution in [2.75, 3.05) is 20.2 Å². The van der Waals surface area contributed by atoms with E-state index in [1.165, 1.54) is 6.07 Å². The van der Waals surface area contributed by atoms with E-state index in [0.29, 0.717) is 18.7 Å². The molecule has 3 heterocycles. The number of rotatable bonds is 5. The van der Waals surface area contributed by atoms with E-state index in [4.69, 9.17) is 4.74 Å². The summed E-state index contributed by atoms with van der Waals surface area (Å²) < 4.78 is 21.5. The highest BCUT2D eigenvalue weighted by Crippen LogP contribution is 2.35. The molecule has 1 saturated heterocycles. The van der Waals surface area contributed by atoms with Crippen LogP contribution in [0.15, 0.2) is 66.9 Å². The fourth-order valence-corrected chi connectivity index (χ4v) is 4.70. The SMILES string of the molecule is COc1ccc(CN2C(=O)c3cccn3[C@H]3CN(Cc4ccccc4F)C[C@H]32)cc1. The van der Waals surface area contributed by atoms with E-state index < -0.39 is 0 Å². The second-order valence-corrected chi connectivity index (χ2v) is 8.00. The van der Waals surface area contributed by atoms with Crippen molar-refractivity contribution >= 4 is 5.91 Å². The maximum atomic E-state index is 14.2. The van der Waals surface area contributed by atoms with Crippen molar-refractivity contribution in [1.29, 1.82) is 0 Å². The summed E-state index contributed by atoms with van der Waals surface area (Å²) in [4.78, 5) is 17.5. The zero-order valence-electron chi connectivity index (χ0n) is 16.9. The zero-order valence-corrected chi connectivity index (χ0v) is 16.9. The highest BCUT2D eigenvalue weighted by atomic mass is 19.1. The number of halogens is 1. The molecule has 1 amide bonds. The van der Waals surface area contributed by atoms with Gasteiger partial charge in [-0.2, -0.15) is 0 Å². The first-order valence-electron chi connectivity index (χ1n) is 10.2. The van der Waals surface area contributed by atoms with Gasteiger partial charge in [-0.3, -0.25) is 9.69 Å². The van der Waals surface area contributed by atoms with Gasteiger partial charge in [-0.1, -0.05) is 30.3 Å². The Morgan fingerprint density at radius 2 is 1.73 bits per heavy atom. The largest absolute Gasteiger partial charge is 0.497 e. The summed E-state index contributed by atoms with van der Waals surface area (Å²) in [6.07, 6.45) is 1.99. The molecule has 2 aliphatic rings. The third-order valence-electron chi connectivity index (χ3n) is 6.21. The first kappa shape index (κ1) is 18.9. The topological polar surface area (TPSA) is 37.7 Å². The summed E-state index contributed by atoms with van der Waals surface area (Å²) >= 11 is 0. The average Bonchev–Trinajstić information content (AvgIpc) is 3.40. The Morgan fingerprint density at radius 1 is 0.967 bits per heavy atom. The van der Waals surface area contributed by atoms with Crippen LogP contribution in [0.5, 0.6) is 5.75 Å². The van der Waals surface area contributed by atoms with Crippen molar-refractivity contribution in [3.63, 3.8) is 0 Å². The molecular formula is C24H24FN3O2. The Hall–Kier alpha value is -3.12. The van der Waals surface area contributed by atoms with Gasteiger partial charge in [-0.05, 0) is 35.9 Å². The van der Waals surface area contributed by atoms with Crippen LogP contribution in [0.3, 0.4) is 0 Å². The molecule has 0 spiro atoms. The van der Waals surface area contributed by atoms with E-state index in [1.807, 2.05) is 59.6 Å². The molecule has 0 bridgehead atoms. The van der Waals surface area contributed by atoms with E-state index in [9.17, 15) is 9.18 Å². The molecule has 0 unspecified atom stereocenters. The lowest BCUT2D eigenvalue weighted by Crippen LogP contribution is -2.49. The molecule has 1 aromatic heterocycles. The van der Waals surface area contributed by atoms with Crippen LogP contribution >= 0.6 is 0 Å². The number of fused-ring (bicyclic) bond motifs is 3. The summed E-state index contributed by atoms with van der Waals surface area (Å²) in [5.41, 5.74) is 2.48. The molecular weight excluding hydrogens is 381 g/mol. The van der Waals surface area contributed by atoms with Crippen molar-refractivity contribution in [3.8, 4) is 5.75 Å². The van der Waals surface area contributed by atoms with Crippen LogP contribution in [0.25, 0.3) is 0 Å². The monoisotopic (exact) mass is 405 g/mol. The molecule has 3 aromatic rings. The maximum Gasteiger partial charge on any atom is 0.271 e. The Kier molecular flexibility index (Phi) is 4.79. The minimum atomic E-state index is -0.180. The Morgan fingerprint density at radius 3 is 2.50 bits per heavy atom. The number of methoxy groups -OCH3 is 1. The summed E-state index contributed by atoms with van der Waals surface area (Å²) in [5.74, 6) is 0.664. The van der Waals surface area contributed by atoms with E-state index in [2.05, 4.69) is 9.47 Å². The second kappa shape index (κ2) is 7.61. The number of likely N-dealkylation sites (tertiary alicyclic amines) is 1. The van der Waals surface area contributed by atoms with Crippen molar-refractivity contribution in [1.82, 2.24) is 14.4 Å². The lowest BCUT2D eigenvalue weighted by molar-refractivity contribution is 0.0556. The molecule has 1 fully saturated rings. The van der Waals surface area contributed by atoms with Gasteiger partial charge in [0.25, 0.3) is 5.91 Å². The highest BCUT2D eigenvalue weighted by Gasteiger charge is 2.44. The van der Waals surface area contributed by atoms with Gasteiger partial charge in [0.15, 0.2) is 0 Å². The van der Waals surface area contributed by atoms with E-state index in [1.54, 1.807) is 13.2 Å². The molecule has 2 aliphatic heterocycles. The minimum Gasteiger partial charge on any atom is -0.497 e. The van der Waals surface area contributed by atoms with E-state index in [-0.39, 0.29) is 23.8 Å². The number of aromatic nitrogens is 1. The van der Waals surface area contributed by atoms with Gasteiger partial charge in [0.2, 0.25) is 0 Å². The number of nitrogens with zero attached hydrogens (tertiary/aromatic N) is 3. The molecule has 0 aliphatic carbocycles. The molecule has 154 valence electrons. The fourth-order valence-electron chi connectivity index (χ4n) is 4.70. The second-order valence-electron chi connectivity index (χ2n) is 8.00. The van der Waals surface area contributed by atoms with E-state index in [0.717, 1.165) is 30.1 Å². The molecule has 2 aromatic carbocycles. The predicted octanol–water partition coefficient (Wildman–Crippen LogP) is 3.72. The van der Waals surface area contributed by atoms with Crippen LogP contribution in [0.1, 0.15) is 27.7 Å². The van der Waals surface area contributed by atoms with Crippen LogP contribution in [-0.4, -0.2) is 46.5 Å². The van der Waals surface area contributed by atoms with Gasteiger partial charge < -0.3 is 14.2 Å². The third kappa shape index (κ3) is 3.27. The normalized spacial score (nSPS) is 20.9. The van der Waals surface area contributed by atoms with Crippen LogP contribution in [0, 0.1) is 5.82 Å². The summed E-state index contributed by atoms with van der Waals surface area (Å²) in [6, 6.07) is 18.8. The summed E-state index contributed by atoms with van der Waals surface area (Å²) in [6.45, 7) is 2.59. The van der Waals surface area contributed by atoms with Gasteiger partial charge in [0, 0.05) is 37.9 Å². The van der Waals surface area contributed by atoms with Gasteiger partial charge in [-0.25, -0.2) is 4.39 Å². The minimum absolute atomic E-state index is 0.0461. The quantitative estimate of drug-likeness (QED) is 0.649. The average molecular weight is 405 g/mol. The van der Waals surface area contributed by atoms with Crippen molar-refractivity contribution in [2.24, 2.45) is 0 Å². The lowest BCUT2D eigenvalue weighted by atomic mass is 10.0. The zero-order chi connectivity index (χ0) is 20.7. The smallest absolute Gasteiger partial charge is 0.271 e. The number of ether oxygens (including phenoxy) is 1. The molecule has 0 N–H and O–H groups in total. The van der Waals surface area contributed by atoms with Gasteiger partial charge in [0.05, 0.1) is 19.2 Å². The first-order valence-corrected chi connectivity index (χ1v) is 10.2. The van der Waals surface area contributed by atoms with Crippen LogP contribution < -0.4 is 4.74 Å². The molecule has 5 rings (SSSR count). The number of hydrogen-bond donors (Lipinski definition) is 0. The van der Waals surface area contributed by atoms with E-state index >= 15 is 0 Å². The molecule has 0 saturated carbocycles. The summed E-state index contributed by atoms with van der Waals surface area (Å²) in [7, 11) is 1.64. The number of amides is 1. The van der Waals surface area contributed by atoms with Crippen molar-refractivity contribution < 1.29 is 13.9 Å². The fraction of sp³-hybridized carbons (Fsp3) is 0.292. The van der Waals surface area contributed by atoms with Gasteiger partial charge >= 0.3 is 0 Å². The highest BCUT2D eigenvalue weighted by molar-refractivity contribution is 5.94. The predicted molar refractivity (Wildman–Crippen MR) is 112 cm³/mol. The Labute approximate surface area is 175 Å². The van der Waals surface area contributed by atoms with Crippen molar-refractivity contribution in [3.05, 3.63) is 89.5 Å². The van der Waals surface area contributed by atoms with Crippen LogP contribution in [-0.2, 0) is 13.1 Å². The standard InChI is InChI=1S/C24H24FN3O2/c1-30-19-10-8-17(9-11-19)13-28-23-16-26(14-18-5-2-3-6-20(18)25)15-22(23)27-12-4-7-21(27)24(28)29/h2-12,22-23H,13-16H2,1H3/t22-,23+/m0/s1. The number of carbonyl (C=O) groups excluding carboxylic acids is 1. The van der Waals surface area contributed by atoms with Crippen molar-refractivity contribution in [2.45, 2.75) is 25.2 Å². The maximum absolute atomic E-state index is 14.2. The Balaban J connectivity index is 1.42. The Bertz CT molecular complexity index is 1060. The molecule has 2 atom stereocenters. The number of hydrogen-bond acceptors (Lipinski definition) is 3. The molecule has 0 radical (unpaired) electrons. The molecule has 6 heteroatoms. The van der Waals surface area contributed by atoms with Gasteiger partial charge in [0.1, 0.15) is 17.3 Å². The summed E-state index contributed by atoms with van der Waals surface area (Å²) in [5, 5.41) is 0. The van der Waals surface area contributed by atoms with Crippen LogP contribution in [0.2, 0.25) is 0 Å². The molecule has 5 nitrogen and oxygen atoms in total. The molecule has 30 heavy (non-hydrogen) atoms.